The van der Waals surface area contributed by atoms with Crippen LogP contribution < -0.4 is 5.73 Å². The van der Waals surface area contributed by atoms with Gasteiger partial charge in [-0.3, -0.25) is 0 Å². The van der Waals surface area contributed by atoms with Gasteiger partial charge in [0.2, 0.25) is 0 Å². The standard InChI is InChI=1S/C14H21NO2S/c15-8-10-18(16,17)9-7-12-5-6-13-3-1-2-4-14(13)11-12/h5-6,11H,1-4,7-10,15H2. The second-order valence-electron chi connectivity index (χ2n) is 5.00. The van der Waals surface area contributed by atoms with Crippen LogP contribution in [0.3, 0.4) is 0 Å². The molecule has 0 fully saturated rings. The van der Waals surface area contributed by atoms with Crippen LogP contribution in [0.5, 0.6) is 0 Å². The first-order valence-electron chi connectivity index (χ1n) is 6.62. The Kier molecular flexibility index (Phi) is 4.40. The summed E-state index contributed by atoms with van der Waals surface area (Å²) in [4.78, 5) is 0. The van der Waals surface area contributed by atoms with E-state index in [0.29, 0.717) is 6.42 Å². The highest BCUT2D eigenvalue weighted by molar-refractivity contribution is 7.91. The number of nitrogens with two attached hydrogens (primary N) is 1. The molecule has 4 heteroatoms. The van der Waals surface area contributed by atoms with E-state index in [1.54, 1.807) is 0 Å². The van der Waals surface area contributed by atoms with E-state index in [2.05, 4.69) is 18.2 Å². The summed E-state index contributed by atoms with van der Waals surface area (Å²) in [7, 11) is -2.98. The Bertz CT molecular complexity index is 509. The van der Waals surface area contributed by atoms with E-state index < -0.39 is 9.84 Å². The van der Waals surface area contributed by atoms with Gasteiger partial charge in [0.05, 0.1) is 11.5 Å². The van der Waals surface area contributed by atoms with Gasteiger partial charge in [0.25, 0.3) is 0 Å². The fourth-order valence-corrected chi connectivity index (χ4v) is 3.61. The molecule has 0 heterocycles. The lowest BCUT2D eigenvalue weighted by atomic mass is 9.90. The summed E-state index contributed by atoms with van der Waals surface area (Å²) >= 11 is 0. The van der Waals surface area contributed by atoms with Gasteiger partial charge >= 0.3 is 0 Å². The van der Waals surface area contributed by atoms with Gasteiger partial charge in [0, 0.05) is 6.54 Å². The van der Waals surface area contributed by atoms with Gasteiger partial charge < -0.3 is 5.73 Å². The summed E-state index contributed by atoms with van der Waals surface area (Å²) in [6, 6.07) is 6.42. The van der Waals surface area contributed by atoms with Crippen molar-refractivity contribution < 1.29 is 8.42 Å². The number of fused-ring (bicyclic) bond motifs is 1. The van der Waals surface area contributed by atoms with Crippen LogP contribution in [0.4, 0.5) is 0 Å². The third-order valence-corrected chi connectivity index (χ3v) is 5.23. The van der Waals surface area contributed by atoms with Crippen molar-refractivity contribution in [2.45, 2.75) is 32.1 Å². The maximum atomic E-state index is 11.6. The largest absolute Gasteiger partial charge is 0.329 e. The van der Waals surface area contributed by atoms with Gasteiger partial charge in [-0.15, -0.1) is 0 Å². The zero-order valence-corrected chi connectivity index (χ0v) is 11.5. The highest BCUT2D eigenvalue weighted by Crippen LogP contribution is 2.22. The molecule has 0 saturated heterocycles. The van der Waals surface area contributed by atoms with Crippen LogP contribution in [0, 0.1) is 0 Å². The quantitative estimate of drug-likeness (QED) is 0.879. The van der Waals surface area contributed by atoms with Crippen molar-refractivity contribution in [3.8, 4) is 0 Å². The van der Waals surface area contributed by atoms with Crippen LogP contribution in [0.15, 0.2) is 18.2 Å². The topological polar surface area (TPSA) is 60.2 Å². The lowest BCUT2D eigenvalue weighted by Crippen LogP contribution is -2.19. The van der Waals surface area contributed by atoms with Crippen LogP contribution >= 0.6 is 0 Å². The molecule has 2 rings (SSSR count). The molecule has 3 nitrogen and oxygen atoms in total. The Balaban J connectivity index is 2.02. The maximum Gasteiger partial charge on any atom is 0.151 e. The summed E-state index contributed by atoms with van der Waals surface area (Å²) in [6.45, 7) is 0.215. The lowest BCUT2D eigenvalue weighted by Gasteiger charge is -2.16. The van der Waals surface area contributed by atoms with Crippen molar-refractivity contribution in [3.05, 3.63) is 34.9 Å². The number of aryl methyl sites for hydroxylation is 3. The zero-order valence-electron chi connectivity index (χ0n) is 10.7. The van der Waals surface area contributed by atoms with E-state index in [4.69, 9.17) is 5.73 Å². The molecule has 1 aromatic carbocycles. The molecule has 0 amide bonds. The third kappa shape index (κ3) is 3.56. The average Bonchev–Trinajstić information content (AvgIpc) is 2.36. The maximum absolute atomic E-state index is 11.6. The van der Waals surface area contributed by atoms with Crippen LogP contribution in [-0.4, -0.2) is 26.5 Å². The van der Waals surface area contributed by atoms with Crippen molar-refractivity contribution >= 4 is 9.84 Å². The SMILES string of the molecule is NCCS(=O)(=O)CCc1ccc2c(c1)CCCC2. The molecule has 1 aliphatic carbocycles. The Hall–Kier alpha value is -0.870. The fourth-order valence-electron chi connectivity index (χ4n) is 2.50. The molecule has 100 valence electrons. The summed E-state index contributed by atoms with van der Waals surface area (Å²) in [5, 5.41) is 0. The first-order chi connectivity index (χ1) is 8.61. The second kappa shape index (κ2) is 5.85. The summed E-state index contributed by atoms with van der Waals surface area (Å²) in [5.41, 5.74) is 9.28. The minimum absolute atomic E-state index is 0.0952. The number of benzene rings is 1. The van der Waals surface area contributed by atoms with Crippen LogP contribution in [0.25, 0.3) is 0 Å². The van der Waals surface area contributed by atoms with Crippen molar-refractivity contribution in [2.75, 3.05) is 18.1 Å². The van der Waals surface area contributed by atoms with E-state index >= 15 is 0 Å². The first kappa shape index (κ1) is 13.6. The molecule has 0 atom stereocenters. The van der Waals surface area contributed by atoms with E-state index in [9.17, 15) is 8.42 Å². The molecule has 0 spiro atoms. The molecule has 0 bridgehead atoms. The molecule has 18 heavy (non-hydrogen) atoms. The molecule has 1 aliphatic rings. The van der Waals surface area contributed by atoms with Crippen LogP contribution in [-0.2, 0) is 29.1 Å². The van der Waals surface area contributed by atoms with Crippen molar-refractivity contribution in [2.24, 2.45) is 5.73 Å². The predicted octanol–water partition coefficient (Wildman–Crippen LogP) is 1.48. The smallest absolute Gasteiger partial charge is 0.151 e. The van der Waals surface area contributed by atoms with Gasteiger partial charge in [-0.2, -0.15) is 0 Å². The minimum Gasteiger partial charge on any atom is -0.329 e. The number of rotatable bonds is 5. The first-order valence-corrected chi connectivity index (χ1v) is 8.44. The van der Waals surface area contributed by atoms with E-state index in [-0.39, 0.29) is 18.1 Å². The van der Waals surface area contributed by atoms with Gasteiger partial charge in [-0.05, 0) is 48.8 Å². The molecule has 0 saturated carbocycles. The third-order valence-electron chi connectivity index (χ3n) is 3.54. The van der Waals surface area contributed by atoms with Crippen LogP contribution in [0.2, 0.25) is 0 Å². The average molecular weight is 267 g/mol. The molecular formula is C14H21NO2S. The second-order valence-corrected chi connectivity index (χ2v) is 7.30. The lowest BCUT2D eigenvalue weighted by molar-refractivity contribution is 0.595. The molecular weight excluding hydrogens is 246 g/mol. The van der Waals surface area contributed by atoms with Crippen molar-refractivity contribution in [3.63, 3.8) is 0 Å². The Morgan fingerprint density at radius 2 is 1.78 bits per heavy atom. The highest BCUT2D eigenvalue weighted by Gasteiger charge is 2.12. The molecule has 1 aromatic rings. The summed E-state index contributed by atoms with van der Waals surface area (Å²) < 4.78 is 23.2. The molecule has 2 N–H and O–H groups in total. The molecule has 0 unspecified atom stereocenters. The van der Waals surface area contributed by atoms with Crippen molar-refractivity contribution in [1.29, 1.82) is 0 Å². The molecule has 0 aromatic heterocycles. The van der Waals surface area contributed by atoms with Gasteiger partial charge in [-0.25, -0.2) is 8.42 Å². The zero-order chi connectivity index (χ0) is 13.0. The summed E-state index contributed by atoms with van der Waals surface area (Å²) in [6.07, 6.45) is 5.44. The van der Waals surface area contributed by atoms with E-state index in [1.807, 2.05) is 0 Å². The number of sulfone groups is 1. The Morgan fingerprint density at radius 1 is 1.06 bits per heavy atom. The Morgan fingerprint density at radius 3 is 2.50 bits per heavy atom. The molecule has 0 aliphatic heterocycles. The van der Waals surface area contributed by atoms with E-state index in [0.717, 1.165) is 12.0 Å². The fraction of sp³-hybridized carbons (Fsp3) is 0.571. The van der Waals surface area contributed by atoms with Crippen molar-refractivity contribution in [1.82, 2.24) is 0 Å². The van der Waals surface area contributed by atoms with Crippen LogP contribution in [0.1, 0.15) is 29.5 Å². The predicted molar refractivity (Wildman–Crippen MR) is 74.5 cm³/mol. The van der Waals surface area contributed by atoms with Gasteiger partial charge in [-0.1, -0.05) is 18.2 Å². The summed E-state index contributed by atoms with van der Waals surface area (Å²) in [5.74, 6) is 0.306. The van der Waals surface area contributed by atoms with Gasteiger partial charge in [0.15, 0.2) is 9.84 Å². The number of hydrogen-bond donors (Lipinski definition) is 1. The minimum atomic E-state index is -2.98. The Labute approximate surface area is 109 Å². The highest BCUT2D eigenvalue weighted by atomic mass is 32.2. The van der Waals surface area contributed by atoms with Gasteiger partial charge in [0.1, 0.15) is 0 Å². The normalized spacial score (nSPS) is 15.4. The van der Waals surface area contributed by atoms with E-state index in [1.165, 1.54) is 30.4 Å². The number of hydrogen-bond acceptors (Lipinski definition) is 3. The monoisotopic (exact) mass is 267 g/mol. The molecule has 0 radical (unpaired) electrons.